The van der Waals surface area contributed by atoms with Crippen LogP contribution in [0, 0.1) is 0 Å². The third-order valence-electron chi connectivity index (χ3n) is 4.75. The van der Waals surface area contributed by atoms with E-state index in [1.165, 1.54) is 0 Å². The first-order valence-corrected chi connectivity index (χ1v) is 7.83. The third-order valence-corrected chi connectivity index (χ3v) is 4.75. The number of hydrogen-bond acceptors (Lipinski definition) is 2. The standard InChI is InChI=1S/C17H20N2O2/c20-17(13-5-6-14-12(11-13)7-8-18-14)19-9-2-10-21-16-4-1-3-15(16)19/h5-8,11,15-16,18H,1-4,9-10H2/t15-,16+/m1/s1. The highest BCUT2D eigenvalue weighted by atomic mass is 16.5. The van der Waals surface area contributed by atoms with Crippen molar-refractivity contribution in [3.05, 3.63) is 36.0 Å². The molecule has 1 aliphatic heterocycles. The van der Waals surface area contributed by atoms with Crippen molar-refractivity contribution in [2.75, 3.05) is 13.2 Å². The fraction of sp³-hybridized carbons (Fsp3) is 0.471. The average Bonchev–Trinajstić information content (AvgIpc) is 3.11. The van der Waals surface area contributed by atoms with Crippen molar-refractivity contribution >= 4 is 16.8 Å². The second-order valence-electron chi connectivity index (χ2n) is 6.04. The van der Waals surface area contributed by atoms with Crippen LogP contribution in [0.5, 0.6) is 0 Å². The van der Waals surface area contributed by atoms with Gasteiger partial charge < -0.3 is 14.6 Å². The molecule has 4 heteroatoms. The quantitative estimate of drug-likeness (QED) is 0.875. The molecule has 1 N–H and O–H groups in total. The number of hydrogen-bond donors (Lipinski definition) is 1. The molecule has 2 aromatic rings. The molecule has 2 aliphatic rings. The van der Waals surface area contributed by atoms with Crippen LogP contribution in [-0.2, 0) is 4.74 Å². The third kappa shape index (κ3) is 2.23. The van der Waals surface area contributed by atoms with Crippen molar-refractivity contribution in [3.8, 4) is 0 Å². The van der Waals surface area contributed by atoms with Crippen LogP contribution in [0.25, 0.3) is 10.9 Å². The topological polar surface area (TPSA) is 45.3 Å². The molecule has 2 fully saturated rings. The Morgan fingerprint density at radius 3 is 3.14 bits per heavy atom. The average molecular weight is 284 g/mol. The molecule has 1 aliphatic carbocycles. The number of aromatic nitrogens is 1. The summed E-state index contributed by atoms with van der Waals surface area (Å²) in [6.07, 6.45) is 6.41. The number of aromatic amines is 1. The van der Waals surface area contributed by atoms with Gasteiger partial charge in [-0.1, -0.05) is 0 Å². The largest absolute Gasteiger partial charge is 0.376 e. The summed E-state index contributed by atoms with van der Waals surface area (Å²) in [5.41, 5.74) is 1.86. The number of H-pyrrole nitrogens is 1. The molecular formula is C17H20N2O2. The zero-order valence-corrected chi connectivity index (χ0v) is 12.0. The summed E-state index contributed by atoms with van der Waals surface area (Å²) in [5.74, 6) is 0.153. The van der Waals surface area contributed by atoms with Gasteiger partial charge in [-0.15, -0.1) is 0 Å². The number of rotatable bonds is 1. The zero-order chi connectivity index (χ0) is 14.2. The van der Waals surface area contributed by atoms with Crippen molar-refractivity contribution in [1.29, 1.82) is 0 Å². The highest BCUT2D eigenvalue weighted by Crippen LogP contribution is 2.30. The molecule has 2 atom stereocenters. The highest BCUT2D eigenvalue weighted by molar-refractivity contribution is 5.98. The molecule has 2 heterocycles. The van der Waals surface area contributed by atoms with E-state index in [1.54, 1.807) is 0 Å². The van der Waals surface area contributed by atoms with Gasteiger partial charge in [0.25, 0.3) is 5.91 Å². The van der Waals surface area contributed by atoms with E-state index >= 15 is 0 Å². The molecule has 21 heavy (non-hydrogen) atoms. The Balaban J connectivity index is 1.65. The maximum atomic E-state index is 12.9. The molecule has 1 amide bonds. The summed E-state index contributed by atoms with van der Waals surface area (Å²) in [5, 5.41) is 1.09. The Kier molecular flexibility index (Phi) is 3.19. The number of carbonyl (C=O) groups excluding carboxylic acids is 1. The van der Waals surface area contributed by atoms with Crippen molar-refractivity contribution < 1.29 is 9.53 Å². The Morgan fingerprint density at radius 2 is 2.19 bits per heavy atom. The van der Waals surface area contributed by atoms with Gasteiger partial charge >= 0.3 is 0 Å². The van der Waals surface area contributed by atoms with Gasteiger partial charge in [0.05, 0.1) is 12.1 Å². The van der Waals surface area contributed by atoms with Crippen LogP contribution in [0.2, 0.25) is 0 Å². The number of carbonyl (C=O) groups is 1. The normalized spacial score (nSPS) is 25.8. The minimum absolute atomic E-state index is 0.153. The van der Waals surface area contributed by atoms with E-state index in [9.17, 15) is 4.79 Å². The fourth-order valence-electron chi connectivity index (χ4n) is 3.70. The van der Waals surface area contributed by atoms with Crippen LogP contribution >= 0.6 is 0 Å². The molecule has 0 unspecified atom stereocenters. The molecular weight excluding hydrogens is 264 g/mol. The van der Waals surface area contributed by atoms with Crippen molar-refractivity contribution in [1.82, 2.24) is 9.88 Å². The van der Waals surface area contributed by atoms with E-state index < -0.39 is 0 Å². The number of ether oxygens (including phenoxy) is 1. The number of benzene rings is 1. The van der Waals surface area contributed by atoms with Gasteiger partial charge in [0.15, 0.2) is 0 Å². The van der Waals surface area contributed by atoms with Crippen LogP contribution in [0.1, 0.15) is 36.0 Å². The van der Waals surface area contributed by atoms with Gasteiger partial charge in [0.1, 0.15) is 0 Å². The van der Waals surface area contributed by atoms with Crippen molar-refractivity contribution in [2.45, 2.75) is 37.8 Å². The van der Waals surface area contributed by atoms with Gasteiger partial charge in [-0.05, 0) is 49.9 Å². The van der Waals surface area contributed by atoms with Gasteiger partial charge in [-0.25, -0.2) is 0 Å². The van der Waals surface area contributed by atoms with E-state index in [4.69, 9.17) is 4.74 Å². The van der Waals surface area contributed by atoms with Gasteiger partial charge in [-0.2, -0.15) is 0 Å². The second-order valence-corrected chi connectivity index (χ2v) is 6.04. The number of amides is 1. The summed E-state index contributed by atoms with van der Waals surface area (Å²) in [6.45, 7) is 1.59. The molecule has 0 bridgehead atoms. The minimum atomic E-state index is 0.153. The summed E-state index contributed by atoms with van der Waals surface area (Å²) in [6, 6.07) is 8.18. The van der Waals surface area contributed by atoms with Gasteiger partial charge in [0.2, 0.25) is 0 Å². The SMILES string of the molecule is O=C(c1ccc2[nH]ccc2c1)N1CCCO[C@H]2CCC[C@H]21. The molecule has 1 aromatic carbocycles. The molecule has 0 spiro atoms. The highest BCUT2D eigenvalue weighted by Gasteiger charge is 2.37. The predicted octanol–water partition coefficient (Wildman–Crippen LogP) is 2.95. The summed E-state index contributed by atoms with van der Waals surface area (Å²) < 4.78 is 5.90. The number of fused-ring (bicyclic) bond motifs is 2. The van der Waals surface area contributed by atoms with Crippen molar-refractivity contribution in [3.63, 3.8) is 0 Å². The van der Waals surface area contributed by atoms with E-state index in [2.05, 4.69) is 9.88 Å². The monoisotopic (exact) mass is 284 g/mol. The van der Waals surface area contributed by atoms with Crippen LogP contribution < -0.4 is 0 Å². The van der Waals surface area contributed by atoms with Gasteiger partial charge in [-0.3, -0.25) is 4.79 Å². The molecule has 1 saturated heterocycles. The molecule has 0 radical (unpaired) electrons. The lowest BCUT2D eigenvalue weighted by Gasteiger charge is -2.30. The van der Waals surface area contributed by atoms with Gasteiger partial charge in [0, 0.05) is 35.8 Å². The summed E-state index contributed by atoms with van der Waals surface area (Å²) in [7, 11) is 0. The summed E-state index contributed by atoms with van der Waals surface area (Å²) in [4.78, 5) is 18.1. The molecule has 1 aromatic heterocycles. The smallest absolute Gasteiger partial charge is 0.254 e. The molecule has 110 valence electrons. The van der Waals surface area contributed by atoms with E-state index in [0.717, 1.165) is 55.3 Å². The van der Waals surface area contributed by atoms with E-state index in [-0.39, 0.29) is 18.1 Å². The lowest BCUT2D eigenvalue weighted by atomic mass is 10.1. The molecule has 4 nitrogen and oxygen atoms in total. The Hall–Kier alpha value is -1.81. The second kappa shape index (κ2) is 5.19. The maximum absolute atomic E-state index is 12.9. The lowest BCUT2D eigenvalue weighted by Crippen LogP contribution is -2.43. The van der Waals surface area contributed by atoms with E-state index in [0.29, 0.717) is 0 Å². The Morgan fingerprint density at radius 1 is 1.24 bits per heavy atom. The van der Waals surface area contributed by atoms with Crippen LogP contribution in [0.15, 0.2) is 30.5 Å². The van der Waals surface area contributed by atoms with E-state index in [1.807, 2.05) is 30.5 Å². The Labute approximate surface area is 124 Å². The fourth-order valence-corrected chi connectivity index (χ4v) is 3.70. The first-order chi connectivity index (χ1) is 10.3. The Bertz CT molecular complexity index is 664. The van der Waals surface area contributed by atoms with Crippen LogP contribution in [0.3, 0.4) is 0 Å². The molecule has 1 saturated carbocycles. The number of nitrogens with one attached hydrogen (secondary N) is 1. The van der Waals surface area contributed by atoms with Crippen LogP contribution in [-0.4, -0.2) is 41.1 Å². The maximum Gasteiger partial charge on any atom is 0.254 e. The first kappa shape index (κ1) is 12.9. The van der Waals surface area contributed by atoms with Crippen molar-refractivity contribution in [2.24, 2.45) is 0 Å². The lowest BCUT2D eigenvalue weighted by molar-refractivity contribution is 0.0297. The minimum Gasteiger partial charge on any atom is -0.376 e. The first-order valence-electron chi connectivity index (χ1n) is 7.83. The summed E-state index contributed by atoms with van der Waals surface area (Å²) >= 11 is 0. The molecule has 4 rings (SSSR count). The zero-order valence-electron chi connectivity index (χ0n) is 12.0. The van der Waals surface area contributed by atoms with Crippen LogP contribution in [0.4, 0.5) is 0 Å². The number of nitrogens with zero attached hydrogens (tertiary/aromatic N) is 1. The predicted molar refractivity (Wildman–Crippen MR) is 81.3 cm³/mol.